The summed E-state index contributed by atoms with van der Waals surface area (Å²) in [6, 6.07) is 0. The summed E-state index contributed by atoms with van der Waals surface area (Å²) in [7, 11) is 0. The molecule has 5 nitrogen and oxygen atoms in total. The van der Waals surface area contributed by atoms with Gasteiger partial charge in [-0.1, -0.05) is 20.8 Å². The van der Waals surface area contributed by atoms with Gasteiger partial charge in [0.2, 0.25) is 5.89 Å². The normalized spacial score (nSPS) is 11.6. The van der Waals surface area contributed by atoms with Crippen LogP contribution in [-0.4, -0.2) is 16.6 Å². The zero-order valence-corrected chi connectivity index (χ0v) is 11.4. The summed E-state index contributed by atoms with van der Waals surface area (Å²) in [4.78, 5) is 8.35. The Labute approximate surface area is 112 Å². The monoisotopic (exact) mass is 262 g/mol. The molecular formula is C14H18N2O3. The van der Waals surface area contributed by atoms with Crippen LogP contribution in [0, 0.1) is 0 Å². The van der Waals surface area contributed by atoms with Crippen molar-refractivity contribution in [1.29, 1.82) is 0 Å². The van der Waals surface area contributed by atoms with Crippen molar-refractivity contribution in [2.75, 3.05) is 6.61 Å². The van der Waals surface area contributed by atoms with E-state index in [-0.39, 0.29) is 5.92 Å². The van der Waals surface area contributed by atoms with Crippen LogP contribution in [0.3, 0.4) is 0 Å². The number of aromatic nitrogens is 2. The molecule has 2 heterocycles. The molecule has 0 radical (unpaired) electrons. The van der Waals surface area contributed by atoms with Crippen molar-refractivity contribution < 1.29 is 13.6 Å². The van der Waals surface area contributed by atoms with E-state index in [0.717, 1.165) is 12.3 Å². The lowest BCUT2D eigenvalue weighted by molar-refractivity contribution is 0.304. The third kappa shape index (κ3) is 3.71. The molecule has 0 fully saturated rings. The maximum absolute atomic E-state index is 5.54. The molecule has 5 heteroatoms. The molecule has 2 rings (SSSR count). The van der Waals surface area contributed by atoms with E-state index in [2.05, 4.69) is 9.97 Å². The van der Waals surface area contributed by atoms with E-state index in [9.17, 15) is 0 Å². The van der Waals surface area contributed by atoms with Gasteiger partial charge in [-0.15, -0.1) is 0 Å². The van der Waals surface area contributed by atoms with E-state index in [1.54, 1.807) is 18.3 Å². The molecule has 0 unspecified atom stereocenters. The van der Waals surface area contributed by atoms with Crippen molar-refractivity contribution in [2.24, 2.45) is 0 Å². The number of hydrogen-bond acceptors (Lipinski definition) is 5. The molecule has 0 saturated carbocycles. The van der Waals surface area contributed by atoms with Gasteiger partial charge in [0, 0.05) is 12.0 Å². The first kappa shape index (κ1) is 13.4. The fourth-order valence-electron chi connectivity index (χ4n) is 1.42. The molecule has 0 amide bonds. The van der Waals surface area contributed by atoms with E-state index in [1.165, 1.54) is 6.26 Å². The van der Waals surface area contributed by atoms with Crippen LogP contribution < -0.4 is 4.74 Å². The van der Waals surface area contributed by atoms with Crippen LogP contribution >= 0.6 is 0 Å². The highest BCUT2D eigenvalue weighted by Gasteiger charge is 2.06. The molecule has 102 valence electrons. The van der Waals surface area contributed by atoms with E-state index < -0.39 is 0 Å². The summed E-state index contributed by atoms with van der Waals surface area (Å²) in [6.07, 6.45) is 7.62. The topological polar surface area (TPSA) is 61.3 Å². The second-order valence-electron chi connectivity index (χ2n) is 4.46. The Kier molecular flexibility index (Phi) is 4.39. The van der Waals surface area contributed by atoms with Crippen LogP contribution in [0.25, 0.3) is 12.2 Å². The van der Waals surface area contributed by atoms with Gasteiger partial charge in [0.15, 0.2) is 12.2 Å². The smallest absolute Gasteiger partial charge is 0.253 e. The second-order valence-corrected chi connectivity index (χ2v) is 4.46. The Hall–Kier alpha value is -2.04. The second kappa shape index (κ2) is 6.22. The Morgan fingerprint density at radius 1 is 1.37 bits per heavy atom. The number of rotatable bonds is 6. The summed E-state index contributed by atoms with van der Waals surface area (Å²) < 4.78 is 16.1. The van der Waals surface area contributed by atoms with Gasteiger partial charge in [-0.05, 0) is 12.5 Å². The molecule has 19 heavy (non-hydrogen) atoms. The predicted molar refractivity (Wildman–Crippen MR) is 71.8 cm³/mol. The zero-order chi connectivity index (χ0) is 13.7. The van der Waals surface area contributed by atoms with Crippen LogP contribution in [0.4, 0.5) is 0 Å². The van der Waals surface area contributed by atoms with E-state index in [1.807, 2.05) is 20.8 Å². The van der Waals surface area contributed by atoms with Gasteiger partial charge >= 0.3 is 0 Å². The van der Waals surface area contributed by atoms with Gasteiger partial charge in [-0.3, -0.25) is 0 Å². The minimum absolute atomic E-state index is 0.276. The molecule has 0 saturated heterocycles. The van der Waals surface area contributed by atoms with Crippen molar-refractivity contribution in [3.63, 3.8) is 0 Å². The quantitative estimate of drug-likeness (QED) is 0.793. The molecule has 0 aliphatic heterocycles. The maximum atomic E-state index is 5.54. The van der Waals surface area contributed by atoms with Gasteiger partial charge in [-0.25, -0.2) is 4.98 Å². The highest BCUT2D eigenvalue weighted by Crippen LogP contribution is 2.17. The maximum Gasteiger partial charge on any atom is 0.253 e. The van der Waals surface area contributed by atoms with Gasteiger partial charge < -0.3 is 13.6 Å². The average molecular weight is 262 g/mol. The van der Waals surface area contributed by atoms with Crippen molar-refractivity contribution in [2.45, 2.75) is 33.1 Å². The lowest BCUT2D eigenvalue weighted by Gasteiger charge is -1.95. The summed E-state index contributed by atoms with van der Waals surface area (Å²) in [5, 5.41) is 0. The van der Waals surface area contributed by atoms with Crippen molar-refractivity contribution >= 4 is 12.2 Å². The first-order valence-corrected chi connectivity index (χ1v) is 6.41. The molecule has 0 aliphatic carbocycles. The molecule has 0 atom stereocenters. The summed E-state index contributed by atoms with van der Waals surface area (Å²) in [6.45, 7) is 6.74. The van der Waals surface area contributed by atoms with Gasteiger partial charge in [0.05, 0.1) is 12.8 Å². The SMILES string of the molecule is CCCOc1coc(/C=C/c2cnc(C(C)C)o2)n1. The van der Waals surface area contributed by atoms with E-state index in [4.69, 9.17) is 13.6 Å². The molecule has 2 aromatic heterocycles. The third-order valence-corrected chi connectivity index (χ3v) is 2.38. The van der Waals surface area contributed by atoms with Gasteiger partial charge in [0.1, 0.15) is 5.76 Å². The first-order chi connectivity index (χ1) is 9.19. The van der Waals surface area contributed by atoms with E-state index in [0.29, 0.717) is 24.1 Å². The molecule has 0 N–H and O–H groups in total. The van der Waals surface area contributed by atoms with Crippen LogP contribution in [0.5, 0.6) is 5.88 Å². The molecule has 0 bridgehead atoms. The summed E-state index contributed by atoms with van der Waals surface area (Å²) in [5.41, 5.74) is 0. The Morgan fingerprint density at radius 2 is 2.21 bits per heavy atom. The number of oxazole rings is 2. The van der Waals surface area contributed by atoms with Crippen molar-refractivity contribution in [1.82, 2.24) is 9.97 Å². The van der Waals surface area contributed by atoms with Gasteiger partial charge in [-0.2, -0.15) is 4.98 Å². The Balaban J connectivity index is 1.99. The zero-order valence-electron chi connectivity index (χ0n) is 11.4. The Morgan fingerprint density at radius 3 is 2.89 bits per heavy atom. The minimum Gasteiger partial charge on any atom is -0.475 e. The molecular weight excluding hydrogens is 244 g/mol. The molecule has 2 aromatic rings. The highest BCUT2D eigenvalue weighted by molar-refractivity contribution is 5.62. The number of nitrogens with zero attached hydrogens (tertiary/aromatic N) is 2. The number of hydrogen-bond donors (Lipinski definition) is 0. The first-order valence-electron chi connectivity index (χ1n) is 6.41. The summed E-state index contributed by atoms with van der Waals surface area (Å²) >= 11 is 0. The third-order valence-electron chi connectivity index (χ3n) is 2.38. The molecule has 0 aliphatic rings. The standard InChI is InChI=1S/C14H18N2O3/c1-4-7-17-13-9-18-12(16-13)6-5-11-8-15-14(19-11)10(2)3/h5-6,8-10H,4,7H2,1-3H3/b6-5+. The summed E-state index contributed by atoms with van der Waals surface area (Å²) in [5.74, 6) is 2.66. The predicted octanol–water partition coefficient (Wildman–Crippen LogP) is 3.75. The molecule has 0 aromatic carbocycles. The highest BCUT2D eigenvalue weighted by atomic mass is 16.5. The van der Waals surface area contributed by atoms with Gasteiger partial charge in [0.25, 0.3) is 5.88 Å². The van der Waals surface area contributed by atoms with Crippen molar-refractivity contribution in [3.05, 3.63) is 30.0 Å². The lowest BCUT2D eigenvalue weighted by atomic mass is 10.2. The Bertz CT molecular complexity index is 540. The largest absolute Gasteiger partial charge is 0.475 e. The van der Waals surface area contributed by atoms with Crippen molar-refractivity contribution in [3.8, 4) is 5.88 Å². The lowest BCUT2D eigenvalue weighted by Crippen LogP contribution is -1.94. The van der Waals surface area contributed by atoms with Crippen LogP contribution in [0.1, 0.15) is 50.7 Å². The van der Waals surface area contributed by atoms with E-state index >= 15 is 0 Å². The molecule has 0 spiro atoms. The number of ether oxygens (including phenoxy) is 1. The fraction of sp³-hybridized carbons (Fsp3) is 0.429. The van der Waals surface area contributed by atoms with Crippen LogP contribution in [0.15, 0.2) is 21.3 Å². The minimum atomic E-state index is 0.276. The average Bonchev–Trinajstić information content (AvgIpc) is 3.03. The van der Waals surface area contributed by atoms with Crippen LogP contribution in [0.2, 0.25) is 0 Å². The fourth-order valence-corrected chi connectivity index (χ4v) is 1.42. The van der Waals surface area contributed by atoms with Crippen LogP contribution in [-0.2, 0) is 0 Å².